The second-order valence-electron chi connectivity index (χ2n) is 3.98. The number of fused-ring (bicyclic) bond motifs is 1. The summed E-state index contributed by atoms with van der Waals surface area (Å²) in [6.45, 7) is 1.92. The maximum Gasteiger partial charge on any atom is 0.315 e. The number of aryl methyl sites for hydroxylation is 1. The molecule has 0 radical (unpaired) electrons. The molecule has 0 fully saturated rings. The zero-order chi connectivity index (χ0) is 13.8. The first kappa shape index (κ1) is 13.7. The molecular formula is C14H15NO3S. The molecule has 0 atom stereocenters. The van der Waals surface area contributed by atoms with Gasteiger partial charge < -0.3 is 9.47 Å². The van der Waals surface area contributed by atoms with Gasteiger partial charge >= 0.3 is 5.97 Å². The summed E-state index contributed by atoms with van der Waals surface area (Å²) in [7, 11) is 3.02. The molecule has 0 aliphatic carbocycles. The summed E-state index contributed by atoms with van der Waals surface area (Å²) in [5.41, 5.74) is 1.71. The molecule has 4 nitrogen and oxygen atoms in total. The number of aromatic nitrogens is 1. The third-order valence-electron chi connectivity index (χ3n) is 2.69. The highest BCUT2D eigenvalue weighted by Gasteiger charge is 2.10. The largest absolute Gasteiger partial charge is 0.494 e. The number of thioether (sulfide) groups is 1. The van der Waals surface area contributed by atoms with E-state index in [1.165, 1.54) is 18.9 Å². The van der Waals surface area contributed by atoms with Crippen molar-refractivity contribution in [3.05, 3.63) is 30.0 Å². The number of carbonyl (C=O) groups is 1. The fraction of sp³-hybridized carbons (Fsp3) is 0.286. The standard InChI is InChI=1S/C14H15NO3S/c1-9-7-12(19-8-13(16)18-3)10-5-4-6-11(17-2)14(10)15-9/h4-7H,8H2,1-3H3. The second kappa shape index (κ2) is 5.93. The third-order valence-corrected chi connectivity index (χ3v) is 3.71. The van der Waals surface area contributed by atoms with Crippen LogP contribution in [0.25, 0.3) is 10.9 Å². The predicted octanol–water partition coefficient (Wildman–Crippen LogP) is 2.82. The Morgan fingerprint density at radius 3 is 2.84 bits per heavy atom. The molecular weight excluding hydrogens is 262 g/mol. The summed E-state index contributed by atoms with van der Waals surface area (Å²) in [4.78, 5) is 16.8. The monoisotopic (exact) mass is 277 g/mol. The Kier molecular flexibility index (Phi) is 4.27. The van der Waals surface area contributed by atoms with Gasteiger partial charge in [-0.25, -0.2) is 4.98 Å². The van der Waals surface area contributed by atoms with Crippen LogP contribution in [0.3, 0.4) is 0 Å². The Bertz CT molecular complexity index is 613. The van der Waals surface area contributed by atoms with E-state index in [9.17, 15) is 4.79 Å². The van der Waals surface area contributed by atoms with Crippen LogP contribution in [0.2, 0.25) is 0 Å². The van der Waals surface area contributed by atoms with Crippen LogP contribution in [0, 0.1) is 6.92 Å². The summed E-state index contributed by atoms with van der Waals surface area (Å²) in [5.74, 6) is 0.781. The number of pyridine rings is 1. The lowest BCUT2D eigenvalue weighted by molar-refractivity contribution is -0.137. The number of carbonyl (C=O) groups excluding carboxylic acids is 1. The van der Waals surface area contributed by atoms with Gasteiger partial charge in [-0.2, -0.15) is 0 Å². The van der Waals surface area contributed by atoms with Gasteiger partial charge in [0.2, 0.25) is 0 Å². The van der Waals surface area contributed by atoms with Gasteiger partial charge in [0.25, 0.3) is 0 Å². The van der Waals surface area contributed by atoms with Crippen molar-refractivity contribution in [3.8, 4) is 5.75 Å². The first-order valence-electron chi connectivity index (χ1n) is 5.79. The van der Waals surface area contributed by atoms with Crippen molar-refractivity contribution in [2.24, 2.45) is 0 Å². The first-order valence-corrected chi connectivity index (χ1v) is 6.78. The summed E-state index contributed by atoms with van der Waals surface area (Å²) >= 11 is 1.45. The van der Waals surface area contributed by atoms with Crippen LogP contribution in [0.15, 0.2) is 29.2 Å². The highest BCUT2D eigenvalue weighted by molar-refractivity contribution is 8.00. The van der Waals surface area contributed by atoms with Gasteiger partial charge in [-0.15, -0.1) is 11.8 Å². The van der Waals surface area contributed by atoms with E-state index in [1.807, 2.05) is 31.2 Å². The van der Waals surface area contributed by atoms with E-state index < -0.39 is 0 Å². The molecule has 1 heterocycles. The van der Waals surface area contributed by atoms with Gasteiger partial charge in [0.15, 0.2) is 0 Å². The fourth-order valence-electron chi connectivity index (χ4n) is 1.79. The number of rotatable bonds is 4. The van der Waals surface area contributed by atoms with E-state index in [0.717, 1.165) is 27.2 Å². The Hall–Kier alpha value is -1.75. The zero-order valence-electron chi connectivity index (χ0n) is 11.1. The van der Waals surface area contributed by atoms with Crippen LogP contribution < -0.4 is 4.74 Å². The number of esters is 1. The Morgan fingerprint density at radius 1 is 1.37 bits per heavy atom. The molecule has 0 aliphatic heterocycles. The number of benzene rings is 1. The molecule has 19 heavy (non-hydrogen) atoms. The van der Waals surface area contributed by atoms with Gasteiger partial charge in [-0.3, -0.25) is 4.79 Å². The van der Waals surface area contributed by atoms with E-state index in [-0.39, 0.29) is 11.7 Å². The van der Waals surface area contributed by atoms with E-state index in [4.69, 9.17) is 4.74 Å². The Labute approximate surface area is 116 Å². The average molecular weight is 277 g/mol. The van der Waals surface area contributed by atoms with Crippen LogP contribution in [-0.4, -0.2) is 30.9 Å². The lowest BCUT2D eigenvalue weighted by Gasteiger charge is -2.09. The fourth-order valence-corrected chi connectivity index (χ4v) is 2.76. The minimum atomic E-state index is -0.240. The van der Waals surface area contributed by atoms with Crippen LogP contribution in [-0.2, 0) is 9.53 Å². The highest BCUT2D eigenvalue weighted by Crippen LogP contribution is 2.32. The van der Waals surface area contributed by atoms with Gasteiger partial charge in [-0.1, -0.05) is 12.1 Å². The van der Waals surface area contributed by atoms with Crippen molar-refractivity contribution >= 4 is 28.6 Å². The van der Waals surface area contributed by atoms with E-state index in [0.29, 0.717) is 0 Å². The zero-order valence-corrected chi connectivity index (χ0v) is 11.9. The maximum absolute atomic E-state index is 11.2. The lowest BCUT2D eigenvalue weighted by atomic mass is 10.2. The van der Waals surface area contributed by atoms with Crippen molar-refractivity contribution in [2.45, 2.75) is 11.8 Å². The minimum absolute atomic E-state index is 0.240. The number of hydrogen-bond donors (Lipinski definition) is 0. The highest BCUT2D eigenvalue weighted by atomic mass is 32.2. The first-order chi connectivity index (χ1) is 9.15. The van der Waals surface area contributed by atoms with Crippen molar-refractivity contribution < 1.29 is 14.3 Å². The Balaban J connectivity index is 2.45. The topological polar surface area (TPSA) is 48.4 Å². The quantitative estimate of drug-likeness (QED) is 0.635. The average Bonchev–Trinajstić information content (AvgIpc) is 2.43. The number of hydrogen-bond acceptors (Lipinski definition) is 5. The SMILES string of the molecule is COC(=O)CSc1cc(C)nc2c(OC)cccc12. The molecule has 2 aromatic rings. The molecule has 0 unspecified atom stereocenters. The summed E-state index contributed by atoms with van der Waals surface area (Å²) in [6, 6.07) is 7.74. The van der Waals surface area contributed by atoms with Crippen LogP contribution in [0.5, 0.6) is 5.75 Å². The summed E-state index contributed by atoms with van der Waals surface area (Å²) in [6.07, 6.45) is 0. The van der Waals surface area contributed by atoms with E-state index in [2.05, 4.69) is 9.72 Å². The molecule has 5 heteroatoms. The molecule has 0 N–H and O–H groups in total. The van der Waals surface area contributed by atoms with Crippen molar-refractivity contribution in [2.75, 3.05) is 20.0 Å². The molecule has 1 aromatic heterocycles. The molecule has 1 aromatic carbocycles. The van der Waals surface area contributed by atoms with E-state index in [1.54, 1.807) is 7.11 Å². The number of nitrogens with zero attached hydrogens (tertiary/aromatic N) is 1. The number of ether oxygens (including phenoxy) is 2. The van der Waals surface area contributed by atoms with Gasteiger partial charge in [-0.05, 0) is 19.1 Å². The molecule has 0 spiro atoms. The number of methoxy groups -OCH3 is 2. The maximum atomic E-state index is 11.2. The molecule has 0 amide bonds. The van der Waals surface area contributed by atoms with Crippen LogP contribution in [0.1, 0.15) is 5.69 Å². The molecule has 2 rings (SSSR count). The second-order valence-corrected chi connectivity index (χ2v) is 5.00. The van der Waals surface area contributed by atoms with Gasteiger partial charge in [0.05, 0.1) is 20.0 Å². The van der Waals surface area contributed by atoms with Crippen LogP contribution in [0.4, 0.5) is 0 Å². The molecule has 0 aliphatic rings. The smallest absolute Gasteiger partial charge is 0.315 e. The predicted molar refractivity (Wildman–Crippen MR) is 75.8 cm³/mol. The number of para-hydroxylation sites is 1. The minimum Gasteiger partial charge on any atom is -0.494 e. The lowest BCUT2D eigenvalue weighted by Crippen LogP contribution is -2.03. The molecule has 100 valence electrons. The van der Waals surface area contributed by atoms with Crippen molar-refractivity contribution in [1.29, 1.82) is 0 Å². The third kappa shape index (κ3) is 2.98. The van der Waals surface area contributed by atoms with Crippen molar-refractivity contribution in [3.63, 3.8) is 0 Å². The Morgan fingerprint density at radius 2 is 2.16 bits per heavy atom. The summed E-state index contributed by atoms with van der Waals surface area (Å²) < 4.78 is 9.98. The van der Waals surface area contributed by atoms with Crippen molar-refractivity contribution in [1.82, 2.24) is 4.98 Å². The summed E-state index contributed by atoms with van der Waals surface area (Å²) in [5, 5.41) is 0.985. The van der Waals surface area contributed by atoms with Gasteiger partial charge in [0.1, 0.15) is 11.3 Å². The molecule has 0 saturated carbocycles. The normalized spacial score (nSPS) is 10.5. The van der Waals surface area contributed by atoms with Crippen LogP contribution >= 0.6 is 11.8 Å². The molecule has 0 bridgehead atoms. The van der Waals surface area contributed by atoms with E-state index >= 15 is 0 Å². The van der Waals surface area contributed by atoms with Gasteiger partial charge in [0, 0.05) is 16.0 Å². The molecule has 0 saturated heterocycles.